The van der Waals surface area contributed by atoms with E-state index in [9.17, 15) is 0 Å². The molecule has 0 fully saturated rings. The fourth-order valence-corrected chi connectivity index (χ4v) is 2.54. The van der Waals surface area contributed by atoms with Crippen LogP contribution in [0.4, 0.5) is 11.4 Å². The van der Waals surface area contributed by atoms with E-state index in [1.165, 1.54) is 0 Å². The summed E-state index contributed by atoms with van der Waals surface area (Å²) in [7, 11) is 0. The van der Waals surface area contributed by atoms with Crippen molar-refractivity contribution in [1.29, 1.82) is 5.26 Å². The third-order valence-corrected chi connectivity index (χ3v) is 3.58. The molecule has 0 unspecified atom stereocenters. The highest BCUT2D eigenvalue weighted by molar-refractivity contribution is 5.70. The quantitative estimate of drug-likeness (QED) is 0.786. The molecule has 3 rings (SSSR count). The third-order valence-electron chi connectivity index (χ3n) is 3.58. The summed E-state index contributed by atoms with van der Waals surface area (Å²) in [6, 6.07) is 16.3. The number of benzene rings is 2. The molecular formula is C17H16N2O. The first-order valence-electron chi connectivity index (χ1n) is 6.80. The van der Waals surface area contributed by atoms with Gasteiger partial charge in [-0.25, -0.2) is 0 Å². The molecule has 2 aromatic carbocycles. The van der Waals surface area contributed by atoms with Gasteiger partial charge in [-0.1, -0.05) is 12.1 Å². The first kappa shape index (κ1) is 12.6. The van der Waals surface area contributed by atoms with Crippen LogP contribution in [0, 0.1) is 18.3 Å². The predicted molar refractivity (Wildman–Crippen MR) is 79.5 cm³/mol. The second-order valence-electron chi connectivity index (χ2n) is 4.93. The summed E-state index contributed by atoms with van der Waals surface area (Å²) in [6.07, 6.45) is 0.980. The Morgan fingerprint density at radius 2 is 2.05 bits per heavy atom. The molecule has 0 bridgehead atoms. The Kier molecular flexibility index (Phi) is 3.30. The molecule has 1 aliphatic rings. The maximum absolute atomic E-state index is 9.04. The molecule has 0 spiro atoms. The number of nitriles is 1. The zero-order valence-electron chi connectivity index (χ0n) is 11.5. The molecule has 1 aliphatic heterocycles. The Labute approximate surface area is 119 Å². The third kappa shape index (κ3) is 2.21. The van der Waals surface area contributed by atoms with Crippen LogP contribution in [0.3, 0.4) is 0 Å². The van der Waals surface area contributed by atoms with Gasteiger partial charge in [-0.05, 0) is 49.2 Å². The van der Waals surface area contributed by atoms with Gasteiger partial charge in [0.1, 0.15) is 5.75 Å². The van der Waals surface area contributed by atoms with Crippen molar-refractivity contribution in [2.24, 2.45) is 0 Å². The van der Waals surface area contributed by atoms with Crippen LogP contribution in [0.5, 0.6) is 5.75 Å². The van der Waals surface area contributed by atoms with Crippen molar-refractivity contribution in [3.63, 3.8) is 0 Å². The minimum Gasteiger partial charge on any atom is -0.491 e. The van der Waals surface area contributed by atoms with Gasteiger partial charge in [-0.15, -0.1) is 0 Å². The number of nitrogens with zero attached hydrogens (tertiary/aromatic N) is 2. The van der Waals surface area contributed by atoms with Gasteiger partial charge >= 0.3 is 0 Å². The zero-order chi connectivity index (χ0) is 13.9. The average molecular weight is 264 g/mol. The molecule has 0 N–H and O–H groups in total. The van der Waals surface area contributed by atoms with E-state index < -0.39 is 0 Å². The lowest BCUT2D eigenvalue weighted by Crippen LogP contribution is -2.17. The minimum atomic E-state index is 0.730. The molecule has 0 aliphatic carbocycles. The summed E-state index contributed by atoms with van der Waals surface area (Å²) in [6.45, 7) is 3.63. The summed E-state index contributed by atoms with van der Waals surface area (Å²) < 4.78 is 5.78. The second kappa shape index (κ2) is 5.26. The van der Waals surface area contributed by atoms with Crippen molar-refractivity contribution in [2.75, 3.05) is 18.1 Å². The van der Waals surface area contributed by atoms with Crippen molar-refractivity contribution < 1.29 is 4.74 Å². The number of fused-ring (bicyclic) bond motifs is 1. The Bertz CT molecular complexity index is 673. The smallest absolute Gasteiger partial charge is 0.142 e. The van der Waals surface area contributed by atoms with Crippen LogP contribution in [0.1, 0.15) is 17.5 Å². The predicted octanol–water partition coefficient (Wildman–Crippen LogP) is 3.79. The van der Waals surface area contributed by atoms with E-state index in [-0.39, 0.29) is 0 Å². The Balaban J connectivity index is 2.06. The highest BCUT2D eigenvalue weighted by atomic mass is 16.5. The highest BCUT2D eigenvalue weighted by Crippen LogP contribution is 2.36. The topological polar surface area (TPSA) is 36.3 Å². The fraction of sp³-hybridized carbons (Fsp3) is 0.235. The monoisotopic (exact) mass is 264 g/mol. The van der Waals surface area contributed by atoms with Crippen molar-refractivity contribution >= 4 is 11.4 Å². The summed E-state index contributed by atoms with van der Waals surface area (Å²) in [4.78, 5) is 2.26. The molecule has 0 saturated heterocycles. The molecule has 2 aromatic rings. The second-order valence-corrected chi connectivity index (χ2v) is 4.93. The maximum Gasteiger partial charge on any atom is 0.142 e. The Hall–Kier alpha value is -2.47. The number of para-hydroxylation sites is 2. The highest BCUT2D eigenvalue weighted by Gasteiger charge is 2.17. The van der Waals surface area contributed by atoms with Crippen molar-refractivity contribution in [2.45, 2.75) is 13.3 Å². The number of anilines is 2. The first-order valence-corrected chi connectivity index (χ1v) is 6.80. The molecular weight excluding hydrogens is 248 g/mol. The number of rotatable bonds is 1. The SMILES string of the molecule is Cc1cc(N2CCCOc3ccccc32)ccc1C#N. The fourth-order valence-electron chi connectivity index (χ4n) is 2.54. The normalized spacial score (nSPS) is 13.9. The Morgan fingerprint density at radius 1 is 1.20 bits per heavy atom. The van der Waals surface area contributed by atoms with Gasteiger partial charge in [0.15, 0.2) is 0 Å². The van der Waals surface area contributed by atoms with Gasteiger partial charge < -0.3 is 9.64 Å². The summed E-state index contributed by atoms with van der Waals surface area (Å²) in [5.41, 5.74) is 3.94. The van der Waals surface area contributed by atoms with Crippen molar-refractivity contribution in [3.8, 4) is 11.8 Å². The molecule has 3 nitrogen and oxygen atoms in total. The van der Waals surface area contributed by atoms with E-state index in [0.29, 0.717) is 0 Å². The zero-order valence-corrected chi connectivity index (χ0v) is 11.5. The number of hydrogen-bond acceptors (Lipinski definition) is 3. The Morgan fingerprint density at radius 3 is 2.85 bits per heavy atom. The molecule has 0 aromatic heterocycles. The number of ether oxygens (including phenoxy) is 1. The van der Waals surface area contributed by atoms with E-state index in [1.807, 2.05) is 37.3 Å². The summed E-state index contributed by atoms with van der Waals surface area (Å²) in [5, 5.41) is 9.04. The molecule has 0 amide bonds. The molecule has 20 heavy (non-hydrogen) atoms. The maximum atomic E-state index is 9.04. The van der Waals surface area contributed by atoms with Crippen LogP contribution in [-0.2, 0) is 0 Å². The average Bonchev–Trinajstić information content (AvgIpc) is 2.69. The van der Waals surface area contributed by atoms with Crippen LogP contribution >= 0.6 is 0 Å². The van der Waals surface area contributed by atoms with Crippen LogP contribution in [-0.4, -0.2) is 13.2 Å². The number of aryl methyl sites for hydroxylation is 1. The van der Waals surface area contributed by atoms with E-state index in [0.717, 1.165) is 47.8 Å². The lowest BCUT2D eigenvalue weighted by atomic mass is 10.1. The van der Waals surface area contributed by atoms with Gasteiger partial charge in [-0.3, -0.25) is 0 Å². The van der Waals surface area contributed by atoms with E-state index in [2.05, 4.69) is 23.1 Å². The van der Waals surface area contributed by atoms with Crippen LogP contribution in [0.25, 0.3) is 0 Å². The van der Waals surface area contributed by atoms with Crippen molar-refractivity contribution in [3.05, 3.63) is 53.6 Å². The summed E-state index contributed by atoms with van der Waals surface area (Å²) in [5.74, 6) is 0.923. The summed E-state index contributed by atoms with van der Waals surface area (Å²) >= 11 is 0. The van der Waals surface area contributed by atoms with Gasteiger partial charge in [-0.2, -0.15) is 5.26 Å². The van der Waals surface area contributed by atoms with Crippen LogP contribution in [0.15, 0.2) is 42.5 Å². The number of hydrogen-bond donors (Lipinski definition) is 0. The van der Waals surface area contributed by atoms with E-state index in [1.54, 1.807) is 0 Å². The van der Waals surface area contributed by atoms with Crippen molar-refractivity contribution in [1.82, 2.24) is 0 Å². The largest absolute Gasteiger partial charge is 0.491 e. The molecule has 3 heteroatoms. The lowest BCUT2D eigenvalue weighted by molar-refractivity contribution is 0.322. The van der Waals surface area contributed by atoms with Crippen LogP contribution < -0.4 is 9.64 Å². The van der Waals surface area contributed by atoms with Gasteiger partial charge in [0.2, 0.25) is 0 Å². The van der Waals surface area contributed by atoms with E-state index >= 15 is 0 Å². The van der Waals surface area contributed by atoms with Gasteiger partial charge in [0.05, 0.1) is 23.9 Å². The molecule has 100 valence electrons. The van der Waals surface area contributed by atoms with E-state index in [4.69, 9.17) is 10.00 Å². The lowest BCUT2D eigenvalue weighted by Gasteiger charge is -2.24. The molecule has 0 atom stereocenters. The molecule has 0 saturated carbocycles. The standard InChI is InChI=1S/C17H16N2O/c1-13-11-15(8-7-14(13)12-18)19-9-4-10-20-17-6-3-2-5-16(17)19/h2-3,5-8,11H,4,9-10H2,1H3. The molecule has 0 radical (unpaired) electrons. The van der Waals surface area contributed by atoms with Gasteiger partial charge in [0.25, 0.3) is 0 Å². The minimum absolute atomic E-state index is 0.730. The first-order chi connectivity index (χ1) is 9.79. The van der Waals surface area contributed by atoms with Gasteiger partial charge in [0, 0.05) is 12.2 Å². The molecule has 1 heterocycles. The van der Waals surface area contributed by atoms with Crippen LogP contribution in [0.2, 0.25) is 0 Å².